The van der Waals surface area contributed by atoms with Gasteiger partial charge in [-0.25, -0.2) is 4.99 Å². The largest absolute Gasteiger partial charge is 0.456 e. The van der Waals surface area contributed by atoms with Gasteiger partial charge in [0.15, 0.2) is 0 Å². The van der Waals surface area contributed by atoms with Gasteiger partial charge in [0.25, 0.3) is 0 Å². The van der Waals surface area contributed by atoms with Crippen LogP contribution in [0.5, 0.6) is 0 Å². The Morgan fingerprint density at radius 1 is 0.453 bits per heavy atom. The maximum absolute atomic E-state index is 6.25. The fourth-order valence-electron chi connectivity index (χ4n) is 10.2. The monoisotopic (exact) mass is 836 g/mol. The van der Waals surface area contributed by atoms with Gasteiger partial charge in [0.2, 0.25) is 5.96 Å². The zero-order chi connectivity index (χ0) is 41.9. The van der Waals surface area contributed by atoms with Crippen LogP contribution in [-0.2, 0) is 0 Å². The van der Waals surface area contributed by atoms with E-state index in [9.17, 15) is 0 Å². The molecule has 3 aromatic heterocycles. The zero-order valence-corrected chi connectivity index (χ0v) is 35.2. The topological polar surface area (TPSA) is 47.4 Å². The van der Waals surface area contributed by atoms with Crippen molar-refractivity contribution in [1.29, 1.82) is 0 Å². The first-order chi connectivity index (χ1) is 31.7. The molecule has 0 saturated carbocycles. The van der Waals surface area contributed by atoms with E-state index in [-0.39, 0.29) is 6.04 Å². The number of hydrogen-bond acceptors (Lipinski definition) is 4. The van der Waals surface area contributed by atoms with Gasteiger partial charge >= 0.3 is 0 Å². The van der Waals surface area contributed by atoms with Crippen LogP contribution < -0.4 is 5.32 Å². The van der Waals surface area contributed by atoms with Gasteiger partial charge in [0, 0.05) is 53.4 Å². The number of aromatic nitrogens is 2. The number of nitrogens with one attached hydrogen (secondary N) is 1. The molecule has 0 saturated heterocycles. The van der Waals surface area contributed by atoms with E-state index < -0.39 is 0 Å². The Labute approximate surface area is 371 Å². The highest BCUT2D eigenvalue weighted by molar-refractivity contribution is 8.12. The predicted molar refractivity (Wildman–Crippen MR) is 269 cm³/mol. The minimum absolute atomic E-state index is 0.0263. The third-order valence-corrected chi connectivity index (χ3v) is 14.4. The summed E-state index contributed by atoms with van der Waals surface area (Å²) in [5, 5.41) is 13.4. The van der Waals surface area contributed by atoms with Crippen molar-refractivity contribution in [2.75, 3.05) is 0 Å². The fraction of sp³-hybridized carbons (Fsp3) is 0.0172. The lowest BCUT2D eigenvalue weighted by Crippen LogP contribution is -2.40. The maximum Gasteiger partial charge on any atom is 0.209 e. The average molecular weight is 837 g/mol. The highest BCUT2D eigenvalue weighted by atomic mass is 32.2. The van der Waals surface area contributed by atoms with Gasteiger partial charge in [-0.3, -0.25) is 4.57 Å². The van der Waals surface area contributed by atoms with Gasteiger partial charge < -0.3 is 14.3 Å². The van der Waals surface area contributed by atoms with Crippen molar-refractivity contribution in [1.82, 2.24) is 14.5 Å². The molecule has 12 aromatic rings. The number of fused-ring (bicyclic) bond motifs is 12. The Hall–Kier alpha value is -8.06. The second kappa shape index (κ2) is 13.7. The first-order valence-electron chi connectivity index (χ1n) is 21.7. The first-order valence-corrected chi connectivity index (χ1v) is 22.5. The molecule has 14 rings (SSSR count). The molecule has 1 unspecified atom stereocenters. The van der Waals surface area contributed by atoms with E-state index in [1.54, 1.807) is 0 Å². The molecule has 2 aliphatic rings. The van der Waals surface area contributed by atoms with Gasteiger partial charge in [-0.05, 0) is 88.1 Å². The van der Waals surface area contributed by atoms with Gasteiger partial charge in [0.1, 0.15) is 11.2 Å². The van der Waals surface area contributed by atoms with Crippen molar-refractivity contribution in [2.45, 2.75) is 6.04 Å². The third kappa shape index (κ3) is 5.30. The van der Waals surface area contributed by atoms with E-state index in [4.69, 9.17) is 9.41 Å². The van der Waals surface area contributed by atoms with Crippen LogP contribution in [-0.4, -0.2) is 21.1 Å². The molecule has 0 fully saturated rings. The Balaban J connectivity index is 0.966. The minimum atomic E-state index is -0.0263. The molecule has 300 valence electrons. The SMILES string of the molecule is C1=C(c2ccccc2)SC2=C(c3ccccc3)N=C(n3c4ccc(-c5ccc6c7ccccc7n(-c7ccc8oc9ccccc9c8c7)c6c5)cc4c4c5ccccc5ccc43)NC12. The van der Waals surface area contributed by atoms with E-state index >= 15 is 0 Å². The summed E-state index contributed by atoms with van der Waals surface area (Å²) < 4.78 is 11.0. The number of aliphatic imine (C=N–C) groups is 1. The molecule has 0 amide bonds. The Bertz CT molecular complexity index is 4020. The first kappa shape index (κ1) is 35.5. The summed E-state index contributed by atoms with van der Waals surface area (Å²) in [6.45, 7) is 0. The summed E-state index contributed by atoms with van der Waals surface area (Å²) in [4.78, 5) is 7.99. The zero-order valence-electron chi connectivity index (χ0n) is 34.4. The number of rotatable bonds is 4. The highest BCUT2D eigenvalue weighted by Crippen LogP contribution is 2.48. The molecule has 6 heteroatoms. The van der Waals surface area contributed by atoms with Crippen molar-refractivity contribution < 1.29 is 4.42 Å². The molecule has 5 nitrogen and oxygen atoms in total. The minimum Gasteiger partial charge on any atom is -0.456 e. The van der Waals surface area contributed by atoms with E-state index in [0.29, 0.717) is 0 Å². The maximum atomic E-state index is 6.25. The summed E-state index contributed by atoms with van der Waals surface area (Å²) in [6.07, 6.45) is 2.36. The molecule has 5 heterocycles. The highest BCUT2D eigenvalue weighted by Gasteiger charge is 2.33. The van der Waals surface area contributed by atoms with Crippen LogP contribution in [0.25, 0.3) is 104 Å². The van der Waals surface area contributed by atoms with Gasteiger partial charge in [-0.2, -0.15) is 0 Å². The summed E-state index contributed by atoms with van der Waals surface area (Å²) >= 11 is 1.82. The van der Waals surface area contributed by atoms with Gasteiger partial charge in [0.05, 0.1) is 33.8 Å². The van der Waals surface area contributed by atoms with Gasteiger partial charge in [-0.15, -0.1) is 0 Å². The van der Waals surface area contributed by atoms with Gasteiger partial charge in [-0.1, -0.05) is 157 Å². The second-order valence-electron chi connectivity index (χ2n) is 16.7. The lowest BCUT2D eigenvalue weighted by molar-refractivity contribution is 0.669. The summed E-state index contributed by atoms with van der Waals surface area (Å²) in [5.41, 5.74) is 13.1. The van der Waals surface area contributed by atoms with Crippen molar-refractivity contribution in [3.05, 3.63) is 222 Å². The average Bonchev–Trinajstić information content (AvgIpc) is 4.13. The molecule has 1 N–H and O–H groups in total. The number of thioether (sulfide) groups is 1. The number of nitrogens with zero attached hydrogens (tertiary/aromatic N) is 3. The van der Waals surface area contributed by atoms with E-state index in [1.165, 1.54) is 53.2 Å². The smallest absolute Gasteiger partial charge is 0.209 e. The predicted octanol–water partition coefficient (Wildman–Crippen LogP) is 14.9. The number of benzene rings is 9. The molecule has 1 atom stereocenters. The quantitative estimate of drug-likeness (QED) is 0.192. The molecule has 2 aliphatic heterocycles. The lowest BCUT2D eigenvalue weighted by Gasteiger charge is -2.25. The van der Waals surface area contributed by atoms with Crippen LogP contribution in [0.2, 0.25) is 0 Å². The van der Waals surface area contributed by atoms with Crippen molar-refractivity contribution >= 4 is 105 Å². The summed E-state index contributed by atoms with van der Waals surface area (Å²) in [7, 11) is 0. The van der Waals surface area contributed by atoms with E-state index in [0.717, 1.165) is 72.5 Å². The summed E-state index contributed by atoms with van der Waals surface area (Å²) in [6, 6.07) is 72.0. The summed E-state index contributed by atoms with van der Waals surface area (Å²) in [5.74, 6) is 0.815. The molecule has 0 aliphatic carbocycles. The third-order valence-electron chi connectivity index (χ3n) is 13.2. The Morgan fingerprint density at radius 3 is 2.00 bits per heavy atom. The van der Waals surface area contributed by atoms with Crippen LogP contribution in [0, 0.1) is 0 Å². The molecular formula is C58H36N4OS. The van der Waals surface area contributed by atoms with E-state index in [1.807, 2.05) is 23.9 Å². The molecule has 0 radical (unpaired) electrons. The standard InChI is InChI=1S/C58H36N4OS/c1-3-14-36(15-4-1)54-34-47-57(64-54)56(37-16-5-2-6-17-37)60-58(59-47)62-49-28-25-38(31-46(49)55-41-18-8-7-13-35(41)24-29-50(55)62)39-23-27-43-42-19-9-11-21-48(42)61(51(43)32-39)40-26-30-53-45(33-40)44-20-10-12-22-52(44)63-53/h1-34,47H,(H,59,60). The van der Waals surface area contributed by atoms with Crippen LogP contribution in [0.1, 0.15) is 11.1 Å². The Kier molecular flexibility index (Phi) is 7.62. The Morgan fingerprint density at radius 2 is 1.12 bits per heavy atom. The van der Waals surface area contributed by atoms with Crippen molar-refractivity contribution in [3.8, 4) is 16.8 Å². The second-order valence-corrected chi connectivity index (χ2v) is 17.8. The van der Waals surface area contributed by atoms with E-state index in [2.05, 4.69) is 209 Å². The number of para-hydroxylation sites is 2. The number of furan rings is 1. The van der Waals surface area contributed by atoms with Crippen LogP contribution in [0.3, 0.4) is 0 Å². The van der Waals surface area contributed by atoms with Crippen molar-refractivity contribution in [3.63, 3.8) is 0 Å². The molecule has 9 aromatic carbocycles. The van der Waals surface area contributed by atoms with Crippen LogP contribution in [0.15, 0.2) is 221 Å². The molecular weight excluding hydrogens is 801 g/mol. The molecule has 64 heavy (non-hydrogen) atoms. The normalized spacial score (nSPS) is 15.2. The molecule has 0 spiro atoms. The number of hydrogen-bond donors (Lipinski definition) is 1. The van der Waals surface area contributed by atoms with Crippen LogP contribution in [0.4, 0.5) is 0 Å². The van der Waals surface area contributed by atoms with Crippen molar-refractivity contribution in [2.24, 2.45) is 4.99 Å². The van der Waals surface area contributed by atoms with Crippen LogP contribution >= 0.6 is 11.8 Å². The lowest BCUT2D eigenvalue weighted by atomic mass is 9.99. The fourth-order valence-corrected chi connectivity index (χ4v) is 11.4. The molecule has 0 bridgehead atoms.